The molecule has 0 saturated heterocycles. The van der Waals surface area contributed by atoms with Gasteiger partial charge in [-0.1, -0.05) is 113 Å². The molecule has 2 fully saturated rings. The quantitative estimate of drug-likeness (QED) is 0.0825. The summed E-state index contributed by atoms with van der Waals surface area (Å²) in [5.41, 5.74) is 11.8. The fourth-order valence-corrected chi connectivity index (χ4v) is 13.7. The molecule has 11 heteroatoms. The molecule has 8 aromatic rings. The Bertz CT molecular complexity index is 3810. The Kier molecular flexibility index (Phi) is 12.8. The van der Waals surface area contributed by atoms with Crippen LogP contribution in [0.1, 0.15) is 138 Å². The standard InChI is InChI=1S/C64H64N8O2.Zn/c1-5-8-12-37-17-22-46-50(33-37)59-65-55(46)67-60-52-35-39(14-10-7-3)19-24-48(52)57(69-60)71-62-54-40(15-11-16-49(54)58(72-62)70-61-51-34-38(13-9-6-2)18-23-47(51)56(66-59)68-61)27-31-64(74)32-29-53-45-25-20-41-36-42(73)21-26-43(41)44(45)28-30-63(53,64)4;/h11,15-19,21-24,26,33-36,44-45,53,73-74H,5-10,12-14,20,25,28-30,32H2,1-4H3,(H2,65,66,67,68,69,70,71,72);/t44-,45-,53+,63+,64-;/m1./s1. The first-order valence-corrected chi connectivity index (χ1v) is 27.5. The third-order valence-corrected chi connectivity index (χ3v) is 17.8. The van der Waals surface area contributed by atoms with Gasteiger partial charge in [0.15, 0.2) is 23.3 Å². The fraction of sp³-hybridized carbons (Fsp3) is 0.375. The number of aromatic hydroxyl groups is 1. The normalized spacial score (nSPS) is 21.1. The summed E-state index contributed by atoms with van der Waals surface area (Å²) in [6, 6.07) is 32.0. The number of hydrogen-bond donors (Lipinski definition) is 4. The number of hydrogen-bond acceptors (Lipinski definition) is 8. The van der Waals surface area contributed by atoms with Gasteiger partial charge in [0.25, 0.3) is 0 Å². The summed E-state index contributed by atoms with van der Waals surface area (Å²) in [5, 5.41) is 27.0. The van der Waals surface area contributed by atoms with Crippen molar-refractivity contribution in [2.75, 3.05) is 0 Å². The van der Waals surface area contributed by atoms with Gasteiger partial charge >= 0.3 is 0 Å². The van der Waals surface area contributed by atoms with Crippen molar-refractivity contribution in [3.05, 3.63) is 124 Å². The van der Waals surface area contributed by atoms with E-state index in [1.54, 1.807) is 0 Å². The Balaban J connectivity index is 0.00000569. The van der Waals surface area contributed by atoms with E-state index < -0.39 is 5.60 Å². The topological polar surface area (TPSA) is 149 Å². The van der Waals surface area contributed by atoms with E-state index >= 15 is 0 Å². The van der Waals surface area contributed by atoms with Crippen LogP contribution in [0.3, 0.4) is 0 Å². The van der Waals surface area contributed by atoms with Crippen molar-refractivity contribution in [1.29, 1.82) is 0 Å². The number of phenolic OH excluding ortho intramolecular Hbond substituents is 1. The minimum Gasteiger partial charge on any atom is -0.508 e. The van der Waals surface area contributed by atoms with E-state index in [1.165, 1.54) is 27.8 Å². The largest absolute Gasteiger partial charge is 0.508 e. The number of H-pyrrole nitrogens is 2. The van der Waals surface area contributed by atoms with E-state index in [0.717, 1.165) is 139 Å². The Hall–Kier alpha value is -6.60. The van der Waals surface area contributed by atoms with Gasteiger partial charge in [-0.3, -0.25) is 0 Å². The Morgan fingerprint density at radius 3 is 1.84 bits per heavy atom. The van der Waals surface area contributed by atoms with Crippen LogP contribution in [0.25, 0.3) is 89.7 Å². The molecule has 5 aliphatic rings. The molecular formula is C64H64N8O2Zn. The van der Waals surface area contributed by atoms with Crippen LogP contribution in [0.15, 0.2) is 91.0 Å². The van der Waals surface area contributed by atoms with Crippen molar-refractivity contribution in [2.45, 2.75) is 136 Å². The van der Waals surface area contributed by atoms with Gasteiger partial charge in [0.2, 0.25) is 0 Å². The minimum absolute atomic E-state index is 0. The summed E-state index contributed by atoms with van der Waals surface area (Å²) >= 11 is 0. The van der Waals surface area contributed by atoms with E-state index in [0.29, 0.717) is 75.8 Å². The first-order chi connectivity index (χ1) is 36.1. The second-order valence-electron chi connectivity index (χ2n) is 22.2. The van der Waals surface area contributed by atoms with Gasteiger partial charge in [0, 0.05) is 74.3 Å². The number of aryl methyl sites for hydroxylation is 4. The summed E-state index contributed by atoms with van der Waals surface area (Å²) in [5.74, 6) is 11.0. The third kappa shape index (κ3) is 8.39. The van der Waals surface area contributed by atoms with Crippen molar-refractivity contribution in [3.8, 4) is 63.1 Å². The zero-order valence-electron chi connectivity index (χ0n) is 43.8. The first-order valence-electron chi connectivity index (χ1n) is 27.5. The SMILES string of the molecule is CCCCc1ccc2c(c1)-c1nc-2nc2[nH]c(nc3nc(nc4[nH]c(n1)c1ccc(CCCC)cc41)-c1cccc(C#C[C@@]4(O)CC[C@H]5[C@@H]6CCc7cc(O)ccc7[C@H]6CC[C@@]54C)c1-3)c1ccc(CCCC)cc21.[Zn]. The molecule has 8 bridgehead atoms. The van der Waals surface area contributed by atoms with Crippen LogP contribution < -0.4 is 0 Å². The maximum absolute atomic E-state index is 12.9. The average Bonchev–Trinajstić information content (AvgIpc) is 4.21. The molecular weight excluding hydrogens is 978 g/mol. The number of aliphatic hydroxyl groups is 1. The number of benzene rings is 5. The molecule has 5 aromatic carbocycles. The Morgan fingerprint density at radius 2 is 1.17 bits per heavy atom. The Labute approximate surface area is 451 Å². The number of aromatic nitrogens is 8. The van der Waals surface area contributed by atoms with Crippen LogP contribution >= 0.6 is 0 Å². The smallest absolute Gasteiger partial charge is 0.166 e. The minimum atomic E-state index is -1.17. The second kappa shape index (κ2) is 19.5. The van der Waals surface area contributed by atoms with E-state index in [2.05, 4.69) is 116 Å². The van der Waals surface area contributed by atoms with Crippen molar-refractivity contribution >= 4 is 44.1 Å². The van der Waals surface area contributed by atoms with Crippen molar-refractivity contribution < 1.29 is 29.7 Å². The fourth-order valence-electron chi connectivity index (χ4n) is 13.7. The van der Waals surface area contributed by atoms with Gasteiger partial charge in [-0.2, -0.15) is 0 Å². The molecule has 4 N–H and O–H groups in total. The van der Waals surface area contributed by atoms with E-state index in [9.17, 15) is 10.2 Å². The predicted molar refractivity (Wildman–Crippen MR) is 296 cm³/mol. The Morgan fingerprint density at radius 1 is 0.587 bits per heavy atom. The van der Waals surface area contributed by atoms with E-state index in [4.69, 9.17) is 29.9 Å². The van der Waals surface area contributed by atoms with Crippen LogP contribution in [-0.4, -0.2) is 55.7 Å². The maximum Gasteiger partial charge on any atom is 0.166 e. The number of nitrogens with one attached hydrogen (secondary N) is 2. The average molecular weight is 1040 g/mol. The van der Waals surface area contributed by atoms with E-state index in [-0.39, 0.29) is 24.9 Å². The summed E-state index contributed by atoms with van der Waals surface area (Å²) < 4.78 is 0. The molecule has 3 aliphatic carbocycles. The molecule has 374 valence electrons. The van der Waals surface area contributed by atoms with Gasteiger partial charge in [-0.05, 0) is 159 Å². The van der Waals surface area contributed by atoms with Gasteiger partial charge in [-0.25, -0.2) is 29.9 Å². The molecule has 0 radical (unpaired) electrons. The van der Waals surface area contributed by atoms with Gasteiger partial charge in [0.05, 0.1) is 0 Å². The zero-order chi connectivity index (χ0) is 50.3. The molecule has 0 spiro atoms. The molecule has 13 rings (SSSR count). The van der Waals surface area contributed by atoms with Crippen LogP contribution in [0.5, 0.6) is 5.75 Å². The predicted octanol–water partition coefficient (Wildman–Crippen LogP) is 14.2. The molecule has 2 aliphatic heterocycles. The number of phenols is 1. The molecule has 10 nitrogen and oxygen atoms in total. The van der Waals surface area contributed by atoms with Crippen LogP contribution in [0.2, 0.25) is 0 Å². The third-order valence-electron chi connectivity index (χ3n) is 17.8. The number of nitrogens with zero attached hydrogens (tertiary/aromatic N) is 6. The number of rotatable bonds is 9. The van der Waals surface area contributed by atoms with E-state index in [1.807, 2.05) is 24.3 Å². The maximum atomic E-state index is 12.9. The molecule has 75 heavy (non-hydrogen) atoms. The van der Waals surface area contributed by atoms with Crippen LogP contribution in [-0.2, 0) is 45.2 Å². The second-order valence-corrected chi connectivity index (χ2v) is 22.2. The van der Waals surface area contributed by atoms with Crippen LogP contribution in [0, 0.1) is 29.1 Å². The van der Waals surface area contributed by atoms with Crippen molar-refractivity contribution in [2.24, 2.45) is 17.3 Å². The summed E-state index contributed by atoms with van der Waals surface area (Å²) in [6.45, 7) is 8.98. The molecule has 0 unspecified atom stereocenters. The summed E-state index contributed by atoms with van der Waals surface area (Å²) in [4.78, 5) is 39.6. The first kappa shape index (κ1) is 49.3. The summed E-state index contributed by atoms with van der Waals surface area (Å²) in [6.07, 6.45) is 15.0. The number of unbranched alkanes of at least 4 members (excludes halogenated alkanes) is 3. The van der Waals surface area contributed by atoms with Crippen molar-refractivity contribution in [3.63, 3.8) is 0 Å². The summed E-state index contributed by atoms with van der Waals surface area (Å²) in [7, 11) is 0. The van der Waals surface area contributed by atoms with Gasteiger partial charge in [-0.15, -0.1) is 0 Å². The monoisotopic (exact) mass is 1040 g/mol. The molecule has 5 heterocycles. The van der Waals surface area contributed by atoms with Gasteiger partial charge < -0.3 is 20.2 Å². The molecule has 5 atom stereocenters. The molecule has 0 amide bonds. The van der Waals surface area contributed by atoms with Crippen molar-refractivity contribution in [1.82, 2.24) is 39.9 Å². The molecule has 3 aromatic heterocycles. The number of aromatic amines is 2. The van der Waals surface area contributed by atoms with Crippen LogP contribution in [0.4, 0.5) is 0 Å². The zero-order valence-corrected chi connectivity index (χ0v) is 46.8. The number of fused-ring (bicyclic) bond motifs is 25. The van der Waals surface area contributed by atoms with Gasteiger partial charge in [0.1, 0.15) is 33.9 Å². The molecule has 2 saturated carbocycles.